The monoisotopic (exact) mass is 512 g/mol. The Labute approximate surface area is 223 Å². The summed E-state index contributed by atoms with van der Waals surface area (Å²) in [6.07, 6.45) is 4.52. The third-order valence-corrected chi connectivity index (χ3v) is 7.67. The molecule has 2 bridgehead atoms. The fourth-order valence-corrected chi connectivity index (χ4v) is 5.79. The van der Waals surface area contributed by atoms with Gasteiger partial charge in [-0.2, -0.15) is 15.8 Å². The standard InChI is InChI=1S/C30H32N4O4/c1-4-5-6-7-10-17-36-22-15-13-21(14-16-22)26-29(18-31,19-32)30(20-33)25(28(2,37-26)38-27(30)34)23-11-8-9-12-24(23)35-3/h8-9,11-16,25-26,34H,4-7,10,17H2,1-3H3. The van der Waals surface area contributed by atoms with Gasteiger partial charge in [-0.15, -0.1) is 0 Å². The molecule has 196 valence electrons. The number of hydrogen-bond acceptors (Lipinski definition) is 8. The Morgan fingerprint density at radius 1 is 0.947 bits per heavy atom. The molecule has 2 heterocycles. The predicted octanol–water partition coefficient (Wildman–Crippen LogP) is 6.17. The first-order valence-electron chi connectivity index (χ1n) is 12.9. The van der Waals surface area contributed by atoms with Crippen molar-refractivity contribution in [2.75, 3.05) is 13.7 Å². The van der Waals surface area contributed by atoms with Gasteiger partial charge in [-0.05, 0) is 30.2 Å². The van der Waals surface area contributed by atoms with Gasteiger partial charge < -0.3 is 18.9 Å². The van der Waals surface area contributed by atoms with E-state index in [1.54, 1.807) is 55.5 Å². The normalized spacial score (nSPS) is 26.9. The minimum Gasteiger partial charge on any atom is -0.496 e. The number of nitriles is 3. The zero-order chi connectivity index (χ0) is 27.4. The number of rotatable bonds is 10. The first-order valence-corrected chi connectivity index (χ1v) is 12.9. The molecule has 8 heteroatoms. The van der Waals surface area contributed by atoms with Crippen LogP contribution in [-0.4, -0.2) is 25.4 Å². The summed E-state index contributed by atoms with van der Waals surface area (Å²) in [4.78, 5) is 0. The molecule has 8 nitrogen and oxygen atoms in total. The van der Waals surface area contributed by atoms with Crippen molar-refractivity contribution in [2.24, 2.45) is 10.8 Å². The van der Waals surface area contributed by atoms with Crippen LogP contribution in [0.1, 0.15) is 69.1 Å². The highest BCUT2D eigenvalue weighted by molar-refractivity contribution is 5.90. The van der Waals surface area contributed by atoms with Gasteiger partial charge in [0.2, 0.25) is 17.1 Å². The Morgan fingerprint density at radius 2 is 1.63 bits per heavy atom. The number of fused-ring (bicyclic) bond motifs is 2. The Balaban J connectivity index is 1.72. The largest absolute Gasteiger partial charge is 0.496 e. The zero-order valence-corrected chi connectivity index (χ0v) is 22.0. The van der Waals surface area contributed by atoms with Gasteiger partial charge in [0, 0.05) is 12.5 Å². The van der Waals surface area contributed by atoms with Crippen LogP contribution >= 0.6 is 0 Å². The molecule has 2 aromatic carbocycles. The Kier molecular flexibility index (Phi) is 7.63. The van der Waals surface area contributed by atoms with Crippen LogP contribution in [0.5, 0.6) is 11.5 Å². The fraction of sp³-hybridized carbons (Fsp3) is 0.467. The molecule has 2 saturated heterocycles. The average Bonchev–Trinajstić information content (AvgIpc) is 3.12. The van der Waals surface area contributed by atoms with E-state index in [4.69, 9.17) is 24.4 Å². The lowest BCUT2D eigenvalue weighted by Gasteiger charge is -2.49. The van der Waals surface area contributed by atoms with E-state index in [-0.39, 0.29) is 0 Å². The highest BCUT2D eigenvalue weighted by atomic mass is 16.7. The first kappa shape index (κ1) is 27.0. The zero-order valence-electron chi connectivity index (χ0n) is 22.0. The van der Waals surface area contributed by atoms with Crippen molar-refractivity contribution < 1.29 is 18.9 Å². The van der Waals surface area contributed by atoms with E-state index in [1.165, 1.54) is 26.4 Å². The molecule has 1 N–H and O–H groups in total. The highest BCUT2D eigenvalue weighted by Gasteiger charge is 2.80. The van der Waals surface area contributed by atoms with Gasteiger partial charge in [0.05, 0.1) is 37.8 Å². The van der Waals surface area contributed by atoms with Crippen molar-refractivity contribution in [3.8, 4) is 29.7 Å². The molecule has 0 spiro atoms. The van der Waals surface area contributed by atoms with Crippen molar-refractivity contribution in [2.45, 2.75) is 63.8 Å². The lowest BCUT2D eigenvalue weighted by Crippen LogP contribution is -2.57. The van der Waals surface area contributed by atoms with Gasteiger partial charge in [0.25, 0.3) is 0 Å². The minimum atomic E-state index is -2.08. The molecular weight excluding hydrogens is 480 g/mol. The number of nitrogens with zero attached hydrogens (tertiary/aromatic N) is 3. The molecule has 4 atom stereocenters. The summed E-state index contributed by atoms with van der Waals surface area (Å²) in [5, 5.41) is 40.5. The summed E-state index contributed by atoms with van der Waals surface area (Å²) in [5.41, 5.74) is -2.98. The van der Waals surface area contributed by atoms with Gasteiger partial charge >= 0.3 is 0 Å². The second kappa shape index (κ2) is 10.7. The van der Waals surface area contributed by atoms with Gasteiger partial charge in [0.1, 0.15) is 17.6 Å². The summed E-state index contributed by atoms with van der Waals surface area (Å²) in [7, 11) is 1.50. The maximum Gasteiger partial charge on any atom is 0.219 e. The molecule has 2 aromatic rings. The molecule has 4 unspecified atom stereocenters. The number of para-hydroxylation sites is 1. The summed E-state index contributed by atoms with van der Waals surface area (Å²) >= 11 is 0. The van der Waals surface area contributed by atoms with Crippen LogP contribution in [0.15, 0.2) is 48.5 Å². The van der Waals surface area contributed by atoms with Crippen LogP contribution in [0.25, 0.3) is 0 Å². The van der Waals surface area contributed by atoms with Crippen LogP contribution in [0.2, 0.25) is 0 Å². The second-order valence-electron chi connectivity index (χ2n) is 9.90. The maximum absolute atomic E-state index is 10.6. The van der Waals surface area contributed by atoms with Gasteiger partial charge in [-0.25, -0.2) is 0 Å². The van der Waals surface area contributed by atoms with Crippen LogP contribution in [-0.2, 0) is 9.47 Å². The van der Waals surface area contributed by atoms with Crippen molar-refractivity contribution >= 4 is 5.90 Å². The highest BCUT2D eigenvalue weighted by Crippen LogP contribution is 2.70. The number of unbranched alkanes of at least 4 members (excludes halogenated alkanes) is 4. The molecule has 0 saturated carbocycles. The summed E-state index contributed by atoms with van der Waals surface area (Å²) in [6, 6.07) is 20.4. The third kappa shape index (κ3) is 4.05. The van der Waals surface area contributed by atoms with Crippen LogP contribution in [0, 0.1) is 50.2 Å². The first-order chi connectivity index (χ1) is 18.4. The smallest absolute Gasteiger partial charge is 0.219 e. The number of methoxy groups -OCH3 is 1. The number of benzene rings is 2. The topological polar surface area (TPSA) is 132 Å². The molecule has 0 aromatic heterocycles. The summed E-state index contributed by atoms with van der Waals surface area (Å²) in [6.45, 7) is 4.42. The number of nitrogens with one attached hydrogen (secondary N) is 1. The average molecular weight is 513 g/mol. The van der Waals surface area contributed by atoms with E-state index in [9.17, 15) is 15.8 Å². The molecule has 38 heavy (non-hydrogen) atoms. The third-order valence-electron chi connectivity index (χ3n) is 7.67. The van der Waals surface area contributed by atoms with Crippen LogP contribution in [0.4, 0.5) is 0 Å². The lowest BCUT2D eigenvalue weighted by molar-refractivity contribution is -0.253. The van der Waals surface area contributed by atoms with Crippen molar-refractivity contribution in [3.63, 3.8) is 0 Å². The molecule has 0 radical (unpaired) electrons. The van der Waals surface area contributed by atoms with Gasteiger partial charge in [-0.3, -0.25) is 5.41 Å². The van der Waals surface area contributed by atoms with E-state index in [0.29, 0.717) is 29.2 Å². The summed E-state index contributed by atoms with van der Waals surface area (Å²) < 4.78 is 23.8. The SMILES string of the molecule is CCCCCCCOc1ccc(C2OC3(C)OC(=N)C(C#N)(C3c3ccccc3OC)C2(C#N)C#N)cc1. The Morgan fingerprint density at radius 3 is 2.26 bits per heavy atom. The van der Waals surface area contributed by atoms with E-state index in [2.05, 4.69) is 25.1 Å². The van der Waals surface area contributed by atoms with E-state index >= 15 is 0 Å². The molecule has 2 fully saturated rings. The van der Waals surface area contributed by atoms with Gasteiger partial charge in [-0.1, -0.05) is 62.9 Å². The maximum atomic E-state index is 10.6. The van der Waals surface area contributed by atoms with E-state index in [0.717, 1.165) is 12.8 Å². The Bertz CT molecular complexity index is 1290. The van der Waals surface area contributed by atoms with Gasteiger partial charge in [0.15, 0.2) is 5.41 Å². The minimum absolute atomic E-state index is 0.449. The fourth-order valence-electron chi connectivity index (χ4n) is 5.79. The van der Waals surface area contributed by atoms with Crippen molar-refractivity contribution in [1.29, 1.82) is 21.2 Å². The molecular formula is C30H32N4O4. The molecule has 0 aliphatic carbocycles. The quantitative estimate of drug-likeness (QED) is 0.377. The van der Waals surface area contributed by atoms with E-state index in [1.807, 2.05) is 0 Å². The molecule has 0 amide bonds. The van der Waals surface area contributed by atoms with Crippen molar-refractivity contribution in [3.05, 3.63) is 59.7 Å². The van der Waals surface area contributed by atoms with Crippen molar-refractivity contribution in [1.82, 2.24) is 0 Å². The van der Waals surface area contributed by atoms with Crippen LogP contribution in [0.3, 0.4) is 0 Å². The summed E-state index contributed by atoms with van der Waals surface area (Å²) in [5.74, 6) is -1.82. The molecule has 2 aliphatic heterocycles. The second-order valence-corrected chi connectivity index (χ2v) is 9.90. The number of ether oxygens (including phenoxy) is 4. The Hall–Kier alpha value is -4.06. The molecule has 4 rings (SSSR count). The van der Waals surface area contributed by atoms with E-state index < -0.39 is 34.5 Å². The lowest BCUT2D eigenvalue weighted by atomic mass is 9.52. The predicted molar refractivity (Wildman–Crippen MR) is 139 cm³/mol. The number of hydrogen-bond donors (Lipinski definition) is 1. The molecule has 2 aliphatic rings. The van der Waals surface area contributed by atoms with Crippen LogP contribution < -0.4 is 9.47 Å².